The summed E-state index contributed by atoms with van der Waals surface area (Å²) in [7, 11) is 0. The zero-order valence-corrected chi connectivity index (χ0v) is 12.8. The van der Waals surface area contributed by atoms with Crippen LogP contribution in [0, 0.1) is 10.1 Å². The highest BCUT2D eigenvalue weighted by Gasteiger charge is 2.30. The molecule has 0 amide bonds. The van der Waals surface area contributed by atoms with E-state index in [0.29, 0.717) is 11.6 Å². The predicted octanol–water partition coefficient (Wildman–Crippen LogP) is 2.90. The van der Waals surface area contributed by atoms with Crippen LogP contribution >= 0.6 is 0 Å². The van der Waals surface area contributed by atoms with Gasteiger partial charge in [0.25, 0.3) is 0 Å². The summed E-state index contributed by atoms with van der Waals surface area (Å²) in [5.41, 5.74) is -0.105. The molecule has 0 aliphatic carbocycles. The van der Waals surface area contributed by atoms with Crippen LogP contribution in [0.5, 0.6) is 0 Å². The maximum atomic E-state index is 11.6. The molecule has 2 aromatic heterocycles. The van der Waals surface area contributed by atoms with Crippen LogP contribution in [0.1, 0.15) is 26.2 Å². The van der Waals surface area contributed by atoms with Crippen molar-refractivity contribution in [2.75, 3.05) is 16.8 Å². The van der Waals surface area contributed by atoms with Gasteiger partial charge in [-0.1, -0.05) is 6.07 Å². The monoisotopic (exact) mass is 314 g/mol. The molecular formula is C15H18N6O2. The van der Waals surface area contributed by atoms with Gasteiger partial charge in [0, 0.05) is 18.8 Å². The average molecular weight is 314 g/mol. The lowest BCUT2D eigenvalue weighted by molar-refractivity contribution is -0.383. The molecule has 1 N–H and O–H groups in total. The minimum Gasteiger partial charge on any atom is -0.348 e. The van der Waals surface area contributed by atoms with Crippen LogP contribution in [0.4, 0.5) is 23.1 Å². The Balaban J connectivity index is 2.00. The molecule has 0 radical (unpaired) electrons. The second-order valence-electron chi connectivity index (χ2n) is 5.53. The zero-order valence-electron chi connectivity index (χ0n) is 12.8. The summed E-state index contributed by atoms with van der Waals surface area (Å²) < 4.78 is 0. The number of anilines is 3. The van der Waals surface area contributed by atoms with Crippen LogP contribution in [-0.4, -0.2) is 32.5 Å². The smallest absolute Gasteiger partial charge is 0.348 e. The first-order valence-electron chi connectivity index (χ1n) is 7.61. The first-order valence-corrected chi connectivity index (χ1v) is 7.61. The summed E-state index contributed by atoms with van der Waals surface area (Å²) >= 11 is 0. The summed E-state index contributed by atoms with van der Waals surface area (Å²) in [6, 6.07) is 5.53. The van der Waals surface area contributed by atoms with Gasteiger partial charge >= 0.3 is 5.69 Å². The van der Waals surface area contributed by atoms with Crippen LogP contribution < -0.4 is 10.2 Å². The number of pyridine rings is 1. The summed E-state index contributed by atoms with van der Waals surface area (Å²) in [6.45, 7) is 2.83. The lowest BCUT2D eigenvalue weighted by atomic mass is 10.0. The lowest BCUT2D eigenvalue weighted by Gasteiger charge is -2.33. The summed E-state index contributed by atoms with van der Waals surface area (Å²) in [4.78, 5) is 25.5. The molecule has 1 fully saturated rings. The van der Waals surface area contributed by atoms with Gasteiger partial charge < -0.3 is 10.2 Å². The zero-order chi connectivity index (χ0) is 16.2. The molecule has 1 atom stereocenters. The van der Waals surface area contributed by atoms with Crippen molar-refractivity contribution in [3.8, 4) is 0 Å². The average Bonchev–Trinajstić information content (AvgIpc) is 2.56. The number of hydrogen-bond donors (Lipinski definition) is 1. The second kappa shape index (κ2) is 6.55. The number of hydrogen-bond acceptors (Lipinski definition) is 7. The number of nitrogens with zero attached hydrogens (tertiary/aromatic N) is 5. The largest absolute Gasteiger partial charge is 0.353 e. The Morgan fingerprint density at radius 3 is 2.87 bits per heavy atom. The van der Waals surface area contributed by atoms with Crippen molar-refractivity contribution >= 4 is 23.1 Å². The van der Waals surface area contributed by atoms with Crippen LogP contribution in [0.3, 0.4) is 0 Å². The number of aromatic nitrogens is 3. The van der Waals surface area contributed by atoms with Gasteiger partial charge in [-0.3, -0.25) is 10.1 Å². The van der Waals surface area contributed by atoms with Gasteiger partial charge in [-0.2, -0.15) is 0 Å². The topological polar surface area (TPSA) is 97.1 Å². The molecule has 0 aromatic carbocycles. The maximum absolute atomic E-state index is 11.6. The third-order valence-corrected chi connectivity index (χ3v) is 3.97. The predicted molar refractivity (Wildman–Crippen MR) is 86.9 cm³/mol. The first kappa shape index (κ1) is 15.1. The number of nitro groups is 1. The molecule has 3 rings (SSSR count). The van der Waals surface area contributed by atoms with Gasteiger partial charge in [-0.15, -0.1) is 0 Å². The van der Waals surface area contributed by atoms with Gasteiger partial charge in [-0.05, 0) is 38.3 Å². The fraction of sp³-hybridized carbons (Fsp3) is 0.400. The minimum atomic E-state index is -0.429. The highest BCUT2D eigenvalue weighted by Crippen LogP contribution is 2.35. The van der Waals surface area contributed by atoms with E-state index in [9.17, 15) is 10.1 Å². The molecule has 23 heavy (non-hydrogen) atoms. The number of rotatable bonds is 4. The summed E-state index contributed by atoms with van der Waals surface area (Å²) in [5.74, 6) is 1.04. The van der Waals surface area contributed by atoms with Gasteiger partial charge in [-0.25, -0.2) is 15.0 Å². The van der Waals surface area contributed by atoms with E-state index in [1.54, 1.807) is 24.4 Å². The maximum Gasteiger partial charge on any atom is 0.353 e. The van der Waals surface area contributed by atoms with Gasteiger partial charge in [0.15, 0.2) is 0 Å². The molecule has 2 aromatic rings. The molecule has 0 bridgehead atoms. The second-order valence-corrected chi connectivity index (χ2v) is 5.53. The normalized spacial score (nSPS) is 17.8. The van der Waals surface area contributed by atoms with Gasteiger partial charge in [0.05, 0.1) is 4.92 Å². The molecule has 1 aliphatic rings. The van der Waals surface area contributed by atoms with Crippen molar-refractivity contribution in [1.29, 1.82) is 0 Å². The van der Waals surface area contributed by atoms with E-state index in [1.165, 1.54) is 6.33 Å². The Bertz CT molecular complexity index is 694. The van der Waals surface area contributed by atoms with E-state index >= 15 is 0 Å². The van der Waals surface area contributed by atoms with Crippen LogP contribution in [0.2, 0.25) is 0 Å². The van der Waals surface area contributed by atoms with Crippen molar-refractivity contribution < 1.29 is 4.92 Å². The van der Waals surface area contributed by atoms with E-state index in [4.69, 9.17) is 0 Å². The van der Waals surface area contributed by atoms with Crippen molar-refractivity contribution in [3.05, 3.63) is 40.8 Å². The van der Waals surface area contributed by atoms with Gasteiger partial charge in [0.2, 0.25) is 11.6 Å². The van der Waals surface area contributed by atoms with E-state index in [1.807, 2.05) is 4.90 Å². The Morgan fingerprint density at radius 1 is 1.30 bits per heavy atom. The first-order chi connectivity index (χ1) is 11.2. The van der Waals surface area contributed by atoms with Crippen LogP contribution in [-0.2, 0) is 0 Å². The van der Waals surface area contributed by atoms with Crippen molar-refractivity contribution in [2.24, 2.45) is 0 Å². The number of piperidine rings is 1. The Kier molecular flexibility index (Phi) is 4.31. The Labute approximate surface area is 133 Å². The van der Waals surface area contributed by atoms with Gasteiger partial charge in [0.1, 0.15) is 12.1 Å². The minimum absolute atomic E-state index is 0.105. The van der Waals surface area contributed by atoms with Crippen molar-refractivity contribution in [2.45, 2.75) is 32.2 Å². The molecule has 1 aliphatic heterocycles. The van der Waals surface area contributed by atoms with Crippen molar-refractivity contribution in [1.82, 2.24) is 15.0 Å². The van der Waals surface area contributed by atoms with E-state index in [0.717, 1.165) is 25.8 Å². The van der Waals surface area contributed by atoms with E-state index in [2.05, 4.69) is 27.2 Å². The van der Waals surface area contributed by atoms with E-state index < -0.39 is 4.92 Å². The molecular weight excluding hydrogens is 296 g/mol. The van der Waals surface area contributed by atoms with Crippen LogP contribution in [0.25, 0.3) is 0 Å². The fourth-order valence-corrected chi connectivity index (χ4v) is 2.81. The van der Waals surface area contributed by atoms with E-state index in [-0.39, 0.29) is 17.5 Å². The SMILES string of the molecule is CC1CCCCN1c1ncnc(Nc2ccccn2)c1[N+](=O)[O-]. The Morgan fingerprint density at radius 2 is 2.17 bits per heavy atom. The molecule has 3 heterocycles. The highest BCUT2D eigenvalue weighted by atomic mass is 16.6. The lowest BCUT2D eigenvalue weighted by Crippen LogP contribution is -2.38. The molecule has 8 nitrogen and oxygen atoms in total. The third kappa shape index (κ3) is 3.20. The molecule has 0 spiro atoms. The van der Waals surface area contributed by atoms with Crippen LogP contribution in [0.15, 0.2) is 30.7 Å². The van der Waals surface area contributed by atoms with Crippen molar-refractivity contribution in [3.63, 3.8) is 0 Å². The standard InChI is InChI=1S/C15H18N6O2/c1-11-6-3-5-9-20(11)15-13(21(22)23)14(17-10-18-15)19-12-7-2-4-8-16-12/h2,4,7-8,10-11H,3,5-6,9H2,1H3,(H,16,17,18,19). The number of nitrogens with one attached hydrogen (secondary N) is 1. The molecule has 0 saturated carbocycles. The molecule has 120 valence electrons. The third-order valence-electron chi connectivity index (χ3n) is 3.97. The summed E-state index contributed by atoms with van der Waals surface area (Å²) in [6.07, 6.45) is 6.12. The fourth-order valence-electron chi connectivity index (χ4n) is 2.81. The molecule has 1 saturated heterocycles. The molecule has 1 unspecified atom stereocenters. The molecule has 8 heteroatoms. The Hall–Kier alpha value is -2.77. The quantitative estimate of drug-likeness (QED) is 0.684. The summed E-state index contributed by atoms with van der Waals surface area (Å²) in [5, 5.41) is 14.5. The highest BCUT2D eigenvalue weighted by molar-refractivity contribution is 5.73.